The van der Waals surface area contributed by atoms with E-state index in [9.17, 15) is 9.59 Å². The molecule has 2 aromatic carbocycles. The Morgan fingerprint density at radius 2 is 1.73 bits per heavy atom. The van der Waals surface area contributed by atoms with Crippen molar-refractivity contribution >= 4 is 17.6 Å². The number of anilines is 1. The quantitative estimate of drug-likeness (QED) is 0.678. The summed E-state index contributed by atoms with van der Waals surface area (Å²) in [6, 6.07) is 17.6. The summed E-state index contributed by atoms with van der Waals surface area (Å²) in [6.45, 7) is 4.20. The van der Waals surface area contributed by atoms with Gasteiger partial charge in [0.1, 0.15) is 5.76 Å². The Hall–Kier alpha value is -3.34. The number of hydrogen-bond acceptors (Lipinski definition) is 3. The van der Waals surface area contributed by atoms with Gasteiger partial charge in [-0.15, -0.1) is 0 Å². The number of aromatic carboxylic acids is 1. The fourth-order valence-electron chi connectivity index (χ4n) is 2.58. The van der Waals surface area contributed by atoms with Crippen LogP contribution in [0.4, 0.5) is 5.69 Å². The highest BCUT2D eigenvalue weighted by Gasteiger charge is 2.12. The van der Waals surface area contributed by atoms with Crippen LogP contribution in [-0.4, -0.2) is 17.0 Å². The molecule has 0 aliphatic carbocycles. The van der Waals surface area contributed by atoms with E-state index in [1.165, 1.54) is 11.6 Å². The van der Waals surface area contributed by atoms with Gasteiger partial charge in [0, 0.05) is 16.8 Å². The van der Waals surface area contributed by atoms with E-state index >= 15 is 0 Å². The third-order valence-corrected chi connectivity index (χ3v) is 4.06. The predicted octanol–water partition coefficient (Wildman–Crippen LogP) is 5.02. The van der Waals surface area contributed by atoms with Crippen molar-refractivity contribution in [2.75, 3.05) is 5.32 Å². The largest absolute Gasteiger partial charge is 0.475 e. The molecule has 2 N–H and O–H groups in total. The van der Waals surface area contributed by atoms with Gasteiger partial charge in [-0.1, -0.05) is 38.1 Å². The second-order valence-corrected chi connectivity index (χ2v) is 6.28. The van der Waals surface area contributed by atoms with Crippen molar-refractivity contribution in [3.05, 3.63) is 77.6 Å². The lowest BCUT2D eigenvalue weighted by Crippen LogP contribution is -2.11. The van der Waals surface area contributed by atoms with Crippen molar-refractivity contribution in [3.63, 3.8) is 0 Å². The highest BCUT2D eigenvalue weighted by molar-refractivity contribution is 6.04. The summed E-state index contributed by atoms with van der Waals surface area (Å²) in [5.74, 6) is -0.610. The van der Waals surface area contributed by atoms with Crippen molar-refractivity contribution in [3.8, 4) is 11.3 Å². The molecular weight excluding hydrogens is 330 g/mol. The molecule has 0 saturated heterocycles. The van der Waals surface area contributed by atoms with Crippen LogP contribution in [0.1, 0.15) is 46.2 Å². The first-order valence-corrected chi connectivity index (χ1v) is 8.29. The van der Waals surface area contributed by atoms with Crippen LogP contribution in [0.2, 0.25) is 0 Å². The van der Waals surface area contributed by atoms with E-state index in [2.05, 4.69) is 19.2 Å². The highest BCUT2D eigenvalue weighted by Crippen LogP contribution is 2.25. The van der Waals surface area contributed by atoms with Crippen molar-refractivity contribution in [1.29, 1.82) is 0 Å². The second kappa shape index (κ2) is 7.27. The molecule has 0 saturated carbocycles. The molecule has 0 radical (unpaired) electrons. The van der Waals surface area contributed by atoms with Gasteiger partial charge in [0.15, 0.2) is 0 Å². The van der Waals surface area contributed by atoms with Crippen molar-refractivity contribution in [2.24, 2.45) is 0 Å². The van der Waals surface area contributed by atoms with Gasteiger partial charge < -0.3 is 14.8 Å². The van der Waals surface area contributed by atoms with Gasteiger partial charge in [-0.05, 0) is 47.9 Å². The predicted molar refractivity (Wildman–Crippen MR) is 99.6 cm³/mol. The molecule has 3 rings (SSSR count). The highest BCUT2D eigenvalue weighted by atomic mass is 16.4. The number of carbonyl (C=O) groups is 2. The summed E-state index contributed by atoms with van der Waals surface area (Å²) in [5, 5.41) is 11.8. The third kappa shape index (κ3) is 3.83. The normalized spacial score (nSPS) is 10.7. The summed E-state index contributed by atoms with van der Waals surface area (Å²) in [7, 11) is 0. The van der Waals surface area contributed by atoms with Crippen LogP contribution in [0.5, 0.6) is 0 Å². The maximum absolute atomic E-state index is 12.4. The van der Waals surface area contributed by atoms with Gasteiger partial charge in [-0.2, -0.15) is 0 Å². The van der Waals surface area contributed by atoms with Gasteiger partial charge >= 0.3 is 5.97 Å². The average Bonchev–Trinajstić information content (AvgIpc) is 3.12. The number of carboxylic acids is 1. The summed E-state index contributed by atoms with van der Waals surface area (Å²) >= 11 is 0. The number of amides is 1. The molecule has 132 valence electrons. The monoisotopic (exact) mass is 349 g/mol. The lowest BCUT2D eigenvalue weighted by atomic mass is 10.0. The zero-order valence-corrected chi connectivity index (χ0v) is 14.5. The summed E-state index contributed by atoms with van der Waals surface area (Å²) < 4.78 is 5.30. The lowest BCUT2D eigenvalue weighted by molar-refractivity contribution is 0.0663. The van der Waals surface area contributed by atoms with Gasteiger partial charge in [0.05, 0.1) is 0 Å². The van der Waals surface area contributed by atoms with Crippen LogP contribution in [0.3, 0.4) is 0 Å². The fourth-order valence-corrected chi connectivity index (χ4v) is 2.58. The van der Waals surface area contributed by atoms with Gasteiger partial charge in [0.25, 0.3) is 5.91 Å². The van der Waals surface area contributed by atoms with E-state index in [0.29, 0.717) is 28.5 Å². The molecule has 0 unspecified atom stereocenters. The summed E-state index contributed by atoms with van der Waals surface area (Å²) in [4.78, 5) is 23.4. The van der Waals surface area contributed by atoms with Gasteiger partial charge in [-0.25, -0.2) is 4.79 Å². The molecule has 26 heavy (non-hydrogen) atoms. The topological polar surface area (TPSA) is 79.5 Å². The Labute approximate surface area is 151 Å². The van der Waals surface area contributed by atoms with Crippen LogP contribution >= 0.6 is 0 Å². The molecule has 0 spiro atoms. The Balaban J connectivity index is 1.77. The van der Waals surface area contributed by atoms with E-state index < -0.39 is 5.97 Å². The number of benzene rings is 2. The number of nitrogens with one attached hydrogen (secondary N) is 1. The zero-order chi connectivity index (χ0) is 18.7. The van der Waals surface area contributed by atoms with Crippen LogP contribution in [0.15, 0.2) is 65.1 Å². The second-order valence-electron chi connectivity index (χ2n) is 6.28. The first-order valence-electron chi connectivity index (χ1n) is 8.29. The van der Waals surface area contributed by atoms with E-state index in [1.807, 2.05) is 12.1 Å². The Bertz CT molecular complexity index is 939. The van der Waals surface area contributed by atoms with E-state index in [4.69, 9.17) is 9.52 Å². The molecule has 0 aliphatic rings. The van der Waals surface area contributed by atoms with Crippen molar-refractivity contribution in [1.82, 2.24) is 0 Å². The SMILES string of the molecule is CC(C)c1ccc(C(=O)Nc2cccc(-c3ccc(C(=O)O)o3)c2)cc1. The Morgan fingerprint density at radius 3 is 2.35 bits per heavy atom. The molecule has 1 aromatic heterocycles. The molecule has 0 fully saturated rings. The molecule has 3 aromatic rings. The maximum atomic E-state index is 12.4. The minimum absolute atomic E-state index is 0.125. The van der Waals surface area contributed by atoms with Crippen LogP contribution < -0.4 is 5.32 Å². The smallest absolute Gasteiger partial charge is 0.371 e. The molecule has 5 nitrogen and oxygen atoms in total. The van der Waals surface area contributed by atoms with Crippen LogP contribution in [0, 0.1) is 0 Å². The number of carboxylic acid groups (broad SMARTS) is 1. The van der Waals surface area contributed by atoms with E-state index in [-0.39, 0.29) is 11.7 Å². The first-order chi connectivity index (χ1) is 12.4. The van der Waals surface area contributed by atoms with Crippen LogP contribution in [0.25, 0.3) is 11.3 Å². The summed E-state index contributed by atoms with van der Waals surface area (Å²) in [5.41, 5.74) is 3.04. The lowest BCUT2D eigenvalue weighted by Gasteiger charge is -2.09. The molecule has 5 heteroatoms. The maximum Gasteiger partial charge on any atom is 0.371 e. The Morgan fingerprint density at radius 1 is 1.00 bits per heavy atom. The molecule has 0 aliphatic heterocycles. The first kappa shape index (κ1) is 17.5. The zero-order valence-electron chi connectivity index (χ0n) is 14.5. The number of hydrogen-bond donors (Lipinski definition) is 2. The fraction of sp³-hybridized carbons (Fsp3) is 0.143. The Kier molecular flexibility index (Phi) is 4.89. The molecular formula is C21H19NO4. The molecule has 0 bridgehead atoms. The minimum atomic E-state index is -1.12. The molecule has 1 amide bonds. The van der Waals surface area contributed by atoms with E-state index in [1.54, 1.807) is 42.5 Å². The van der Waals surface area contributed by atoms with Crippen molar-refractivity contribution in [2.45, 2.75) is 19.8 Å². The standard InChI is InChI=1S/C21H19NO4/c1-13(2)14-6-8-15(9-7-14)20(23)22-17-5-3-4-16(12-17)18-10-11-19(26-18)21(24)25/h3-13H,1-2H3,(H,22,23)(H,24,25). The number of carbonyl (C=O) groups excluding carboxylic acids is 1. The molecule has 1 heterocycles. The van der Waals surface area contributed by atoms with E-state index in [0.717, 1.165) is 0 Å². The van der Waals surface area contributed by atoms with Crippen molar-refractivity contribution < 1.29 is 19.1 Å². The van der Waals surface area contributed by atoms with Gasteiger partial charge in [0.2, 0.25) is 5.76 Å². The van der Waals surface area contributed by atoms with Gasteiger partial charge in [-0.3, -0.25) is 4.79 Å². The molecule has 0 atom stereocenters. The summed E-state index contributed by atoms with van der Waals surface area (Å²) in [6.07, 6.45) is 0. The minimum Gasteiger partial charge on any atom is -0.475 e. The van der Waals surface area contributed by atoms with Crippen LogP contribution in [-0.2, 0) is 0 Å². The third-order valence-electron chi connectivity index (χ3n) is 4.06. The number of rotatable bonds is 5. The average molecular weight is 349 g/mol. The number of furan rings is 1.